The molecule has 5 heteroatoms. The van der Waals surface area contributed by atoms with Gasteiger partial charge in [-0.2, -0.15) is 4.98 Å². The molecule has 0 spiro atoms. The molecule has 0 radical (unpaired) electrons. The first kappa shape index (κ1) is 14.7. The summed E-state index contributed by atoms with van der Waals surface area (Å²) in [6, 6.07) is 0. The van der Waals surface area contributed by atoms with E-state index in [1.54, 1.807) is 6.33 Å². The molecule has 0 aliphatic rings. The fraction of sp³-hybridized carbons (Fsp3) is 0.769. The number of anilines is 2. The van der Waals surface area contributed by atoms with Gasteiger partial charge in [-0.15, -0.1) is 0 Å². The second kappa shape index (κ2) is 9.62. The third-order valence-corrected chi connectivity index (χ3v) is 2.70. The van der Waals surface area contributed by atoms with Gasteiger partial charge >= 0.3 is 0 Å². The molecule has 2 N–H and O–H groups in total. The number of rotatable bonds is 10. The van der Waals surface area contributed by atoms with Crippen molar-refractivity contribution >= 4 is 11.9 Å². The lowest BCUT2D eigenvalue weighted by atomic mass is 10.2. The quantitative estimate of drug-likeness (QED) is 0.626. The maximum Gasteiger partial charge on any atom is 0.227 e. The van der Waals surface area contributed by atoms with E-state index in [0.717, 1.165) is 25.9 Å². The fourth-order valence-corrected chi connectivity index (χ4v) is 1.62. The van der Waals surface area contributed by atoms with Crippen LogP contribution in [0.3, 0.4) is 0 Å². The number of hydrogen-bond donors (Lipinski definition) is 2. The zero-order chi connectivity index (χ0) is 13.1. The Morgan fingerprint density at radius 3 is 1.78 bits per heavy atom. The third kappa shape index (κ3) is 6.37. The second-order valence-corrected chi connectivity index (χ2v) is 4.40. The van der Waals surface area contributed by atoms with Gasteiger partial charge in [0.25, 0.3) is 0 Å². The predicted molar refractivity (Wildman–Crippen MR) is 75.9 cm³/mol. The van der Waals surface area contributed by atoms with E-state index in [1.807, 2.05) is 0 Å². The first-order chi connectivity index (χ1) is 8.86. The number of nitrogens with one attached hydrogen (secondary N) is 2. The summed E-state index contributed by atoms with van der Waals surface area (Å²) in [5.74, 6) is 1.33. The fourth-order valence-electron chi connectivity index (χ4n) is 1.62. The maximum atomic E-state index is 4.32. The highest BCUT2D eigenvalue weighted by Gasteiger charge is 1.99. The summed E-state index contributed by atoms with van der Waals surface area (Å²) in [4.78, 5) is 12.5. The molecule has 0 aliphatic heterocycles. The van der Waals surface area contributed by atoms with E-state index in [4.69, 9.17) is 0 Å². The lowest BCUT2D eigenvalue weighted by molar-refractivity contribution is 0.735. The molecular weight excluding hydrogens is 226 g/mol. The summed E-state index contributed by atoms with van der Waals surface area (Å²) >= 11 is 0. The van der Waals surface area contributed by atoms with Crippen LogP contribution < -0.4 is 10.6 Å². The molecule has 0 unspecified atom stereocenters. The van der Waals surface area contributed by atoms with Crippen molar-refractivity contribution in [3.05, 3.63) is 6.33 Å². The van der Waals surface area contributed by atoms with Crippen molar-refractivity contribution in [1.29, 1.82) is 0 Å². The van der Waals surface area contributed by atoms with Gasteiger partial charge in [-0.05, 0) is 12.8 Å². The summed E-state index contributed by atoms with van der Waals surface area (Å²) in [6.07, 6.45) is 8.78. The van der Waals surface area contributed by atoms with Gasteiger partial charge in [-0.3, -0.25) is 0 Å². The number of nitrogens with zero attached hydrogens (tertiary/aromatic N) is 3. The van der Waals surface area contributed by atoms with Crippen LogP contribution in [0.25, 0.3) is 0 Å². The summed E-state index contributed by atoms with van der Waals surface area (Å²) in [5.41, 5.74) is 0. The second-order valence-electron chi connectivity index (χ2n) is 4.40. The number of hydrogen-bond acceptors (Lipinski definition) is 5. The van der Waals surface area contributed by atoms with E-state index in [9.17, 15) is 0 Å². The summed E-state index contributed by atoms with van der Waals surface area (Å²) in [5, 5.41) is 6.44. The van der Waals surface area contributed by atoms with Crippen LogP contribution in [-0.2, 0) is 0 Å². The zero-order valence-electron chi connectivity index (χ0n) is 11.6. The topological polar surface area (TPSA) is 62.7 Å². The molecule has 0 bridgehead atoms. The molecular formula is C13H25N5. The minimum Gasteiger partial charge on any atom is -0.354 e. The lowest BCUT2D eigenvalue weighted by Crippen LogP contribution is -2.10. The molecule has 1 aromatic heterocycles. The van der Waals surface area contributed by atoms with E-state index < -0.39 is 0 Å². The highest BCUT2D eigenvalue weighted by atomic mass is 15.2. The molecule has 102 valence electrons. The molecule has 0 fully saturated rings. The van der Waals surface area contributed by atoms with Crippen molar-refractivity contribution in [3.63, 3.8) is 0 Å². The van der Waals surface area contributed by atoms with E-state index in [1.165, 1.54) is 25.7 Å². The zero-order valence-corrected chi connectivity index (χ0v) is 11.6. The maximum absolute atomic E-state index is 4.32. The van der Waals surface area contributed by atoms with Gasteiger partial charge in [0.1, 0.15) is 6.33 Å². The van der Waals surface area contributed by atoms with Gasteiger partial charge in [0, 0.05) is 13.1 Å². The molecule has 0 aromatic carbocycles. The number of aromatic nitrogens is 3. The van der Waals surface area contributed by atoms with Gasteiger partial charge in [0.2, 0.25) is 11.9 Å². The molecule has 0 amide bonds. The van der Waals surface area contributed by atoms with Gasteiger partial charge in [-0.25, -0.2) is 9.97 Å². The monoisotopic (exact) mass is 251 g/mol. The molecule has 18 heavy (non-hydrogen) atoms. The van der Waals surface area contributed by atoms with Crippen molar-refractivity contribution in [1.82, 2.24) is 15.0 Å². The molecule has 1 rings (SSSR count). The Morgan fingerprint density at radius 2 is 1.33 bits per heavy atom. The largest absolute Gasteiger partial charge is 0.354 e. The van der Waals surface area contributed by atoms with Gasteiger partial charge < -0.3 is 10.6 Å². The van der Waals surface area contributed by atoms with E-state index >= 15 is 0 Å². The van der Waals surface area contributed by atoms with E-state index in [2.05, 4.69) is 39.4 Å². The predicted octanol–water partition coefficient (Wildman–Crippen LogP) is 3.08. The first-order valence-electron chi connectivity index (χ1n) is 7.03. The average molecular weight is 251 g/mol. The lowest BCUT2D eigenvalue weighted by Gasteiger charge is -2.06. The Kier molecular flexibility index (Phi) is 7.84. The van der Waals surface area contributed by atoms with E-state index in [-0.39, 0.29) is 0 Å². The van der Waals surface area contributed by atoms with Crippen LogP contribution in [0, 0.1) is 0 Å². The Balaban J connectivity index is 2.27. The van der Waals surface area contributed by atoms with Crippen LogP contribution in [0.4, 0.5) is 11.9 Å². The Labute approximate surface area is 110 Å². The summed E-state index contributed by atoms with van der Waals surface area (Å²) in [7, 11) is 0. The SMILES string of the molecule is CCCCCNc1ncnc(NCCCCC)n1. The van der Waals surface area contributed by atoms with E-state index in [0.29, 0.717) is 11.9 Å². The Bertz CT molecular complexity index is 289. The van der Waals surface area contributed by atoms with Crippen molar-refractivity contribution in [2.24, 2.45) is 0 Å². The molecule has 0 saturated heterocycles. The average Bonchev–Trinajstić information content (AvgIpc) is 2.40. The van der Waals surface area contributed by atoms with Crippen LogP contribution >= 0.6 is 0 Å². The first-order valence-corrected chi connectivity index (χ1v) is 7.03. The van der Waals surface area contributed by atoms with Crippen LogP contribution in [-0.4, -0.2) is 28.0 Å². The van der Waals surface area contributed by atoms with Crippen molar-refractivity contribution in [2.75, 3.05) is 23.7 Å². The van der Waals surface area contributed by atoms with Crippen molar-refractivity contribution < 1.29 is 0 Å². The van der Waals surface area contributed by atoms with Crippen molar-refractivity contribution in [3.8, 4) is 0 Å². The van der Waals surface area contributed by atoms with Crippen molar-refractivity contribution in [2.45, 2.75) is 52.4 Å². The minimum absolute atomic E-state index is 0.666. The molecule has 0 saturated carbocycles. The van der Waals surface area contributed by atoms with Gasteiger partial charge in [0.05, 0.1) is 0 Å². The van der Waals surface area contributed by atoms with Gasteiger partial charge in [0.15, 0.2) is 0 Å². The standard InChI is InChI=1S/C13H25N5/c1-3-5-7-9-14-12-16-11-17-13(18-12)15-10-8-6-4-2/h11H,3-10H2,1-2H3,(H2,14,15,16,17,18). The molecule has 0 aliphatic carbocycles. The molecule has 5 nitrogen and oxygen atoms in total. The van der Waals surface area contributed by atoms with Gasteiger partial charge in [-0.1, -0.05) is 39.5 Å². The minimum atomic E-state index is 0.666. The summed E-state index contributed by atoms with van der Waals surface area (Å²) in [6.45, 7) is 6.24. The molecule has 0 atom stereocenters. The normalized spacial score (nSPS) is 10.3. The third-order valence-electron chi connectivity index (χ3n) is 2.70. The Hall–Kier alpha value is -1.39. The molecule has 1 aromatic rings. The number of unbranched alkanes of at least 4 members (excludes halogenated alkanes) is 4. The highest BCUT2D eigenvalue weighted by molar-refractivity contribution is 5.32. The van der Waals surface area contributed by atoms with Crippen LogP contribution in [0.1, 0.15) is 52.4 Å². The van der Waals surface area contributed by atoms with Crippen LogP contribution in [0.2, 0.25) is 0 Å². The highest BCUT2D eigenvalue weighted by Crippen LogP contribution is 2.03. The smallest absolute Gasteiger partial charge is 0.227 e. The summed E-state index contributed by atoms with van der Waals surface area (Å²) < 4.78 is 0. The van der Waals surface area contributed by atoms with Crippen LogP contribution in [0.5, 0.6) is 0 Å². The Morgan fingerprint density at radius 1 is 0.833 bits per heavy atom. The van der Waals surface area contributed by atoms with Crippen LogP contribution in [0.15, 0.2) is 6.33 Å². The molecule has 1 heterocycles.